The zero-order chi connectivity index (χ0) is 14.5. The molecule has 0 aliphatic carbocycles. The van der Waals surface area contributed by atoms with Gasteiger partial charge in [-0.3, -0.25) is 4.79 Å². The number of nitrogens with zero attached hydrogens (tertiary/aromatic N) is 1. The number of nitrogens with one attached hydrogen (secondary N) is 1. The van der Waals surface area contributed by atoms with E-state index in [4.69, 9.17) is 0 Å². The number of rotatable bonds is 6. The van der Waals surface area contributed by atoms with Crippen LogP contribution in [0.4, 0.5) is 0 Å². The van der Waals surface area contributed by atoms with Gasteiger partial charge in [0, 0.05) is 19.5 Å². The topological polar surface area (TPSA) is 32.3 Å². The first-order valence-electron chi connectivity index (χ1n) is 7.70. The summed E-state index contributed by atoms with van der Waals surface area (Å²) in [6.07, 6.45) is 2.83. The standard InChI is InChI=1S/C17H26N2O/c1-4-9-18-16(12-19-10-5-6-17(19)20)15-11-13(2)7-8-14(15)3/h7-8,11,16,18H,4-6,9-10,12H2,1-3H3. The lowest BCUT2D eigenvalue weighted by Crippen LogP contribution is -2.36. The summed E-state index contributed by atoms with van der Waals surface area (Å²) in [4.78, 5) is 13.9. The maximum atomic E-state index is 11.9. The number of carbonyl (C=O) groups is 1. The van der Waals surface area contributed by atoms with Crippen molar-refractivity contribution in [3.05, 3.63) is 34.9 Å². The van der Waals surface area contributed by atoms with E-state index in [1.807, 2.05) is 4.90 Å². The first-order chi connectivity index (χ1) is 9.61. The van der Waals surface area contributed by atoms with Crippen LogP contribution in [-0.4, -0.2) is 30.4 Å². The Bertz CT molecular complexity index is 470. The number of likely N-dealkylation sites (tertiary alicyclic amines) is 1. The van der Waals surface area contributed by atoms with Gasteiger partial charge >= 0.3 is 0 Å². The van der Waals surface area contributed by atoms with Crippen molar-refractivity contribution in [2.45, 2.75) is 46.1 Å². The van der Waals surface area contributed by atoms with Crippen LogP contribution in [0.25, 0.3) is 0 Å². The Morgan fingerprint density at radius 1 is 1.35 bits per heavy atom. The Labute approximate surface area is 122 Å². The molecule has 2 rings (SSSR count). The molecule has 0 saturated carbocycles. The van der Waals surface area contributed by atoms with Gasteiger partial charge in [-0.1, -0.05) is 30.7 Å². The van der Waals surface area contributed by atoms with Gasteiger partial charge in [-0.25, -0.2) is 0 Å². The summed E-state index contributed by atoms with van der Waals surface area (Å²) in [7, 11) is 0. The van der Waals surface area contributed by atoms with Crippen LogP contribution < -0.4 is 5.32 Å². The Morgan fingerprint density at radius 2 is 2.15 bits per heavy atom. The Balaban J connectivity index is 2.17. The number of amides is 1. The fourth-order valence-electron chi connectivity index (χ4n) is 2.84. The highest BCUT2D eigenvalue weighted by molar-refractivity contribution is 5.78. The van der Waals surface area contributed by atoms with Crippen LogP contribution in [0, 0.1) is 13.8 Å². The molecule has 0 radical (unpaired) electrons. The summed E-state index contributed by atoms with van der Waals surface area (Å²) in [6.45, 7) is 9.15. The number of benzene rings is 1. The Morgan fingerprint density at radius 3 is 2.80 bits per heavy atom. The quantitative estimate of drug-likeness (QED) is 0.865. The second-order valence-electron chi connectivity index (χ2n) is 5.81. The zero-order valence-corrected chi connectivity index (χ0v) is 12.9. The maximum absolute atomic E-state index is 11.9. The largest absolute Gasteiger partial charge is 0.341 e. The molecule has 20 heavy (non-hydrogen) atoms. The highest BCUT2D eigenvalue weighted by Crippen LogP contribution is 2.22. The van der Waals surface area contributed by atoms with E-state index in [2.05, 4.69) is 44.3 Å². The van der Waals surface area contributed by atoms with Crippen LogP contribution in [0.2, 0.25) is 0 Å². The molecule has 1 atom stereocenters. The van der Waals surface area contributed by atoms with E-state index in [1.54, 1.807) is 0 Å². The molecule has 3 nitrogen and oxygen atoms in total. The van der Waals surface area contributed by atoms with Crippen molar-refractivity contribution in [3.8, 4) is 0 Å². The van der Waals surface area contributed by atoms with E-state index < -0.39 is 0 Å². The van der Waals surface area contributed by atoms with Crippen LogP contribution in [-0.2, 0) is 4.79 Å². The van der Waals surface area contributed by atoms with Crippen LogP contribution in [0.3, 0.4) is 0 Å². The predicted octanol–water partition coefficient (Wildman–Crippen LogP) is 2.97. The summed E-state index contributed by atoms with van der Waals surface area (Å²) in [6, 6.07) is 6.83. The SMILES string of the molecule is CCCNC(CN1CCCC1=O)c1cc(C)ccc1C. The molecule has 1 saturated heterocycles. The summed E-state index contributed by atoms with van der Waals surface area (Å²) in [5.74, 6) is 0.304. The number of aryl methyl sites for hydroxylation is 2. The molecule has 1 aliphatic rings. The van der Waals surface area contributed by atoms with E-state index in [-0.39, 0.29) is 6.04 Å². The van der Waals surface area contributed by atoms with Gasteiger partial charge in [0.25, 0.3) is 0 Å². The van der Waals surface area contributed by atoms with E-state index in [9.17, 15) is 4.79 Å². The monoisotopic (exact) mass is 274 g/mol. The predicted molar refractivity (Wildman–Crippen MR) is 82.8 cm³/mol. The lowest BCUT2D eigenvalue weighted by Gasteiger charge is -2.26. The summed E-state index contributed by atoms with van der Waals surface area (Å²) >= 11 is 0. The highest BCUT2D eigenvalue weighted by Gasteiger charge is 2.24. The van der Waals surface area contributed by atoms with Crippen molar-refractivity contribution in [2.75, 3.05) is 19.6 Å². The van der Waals surface area contributed by atoms with Gasteiger partial charge in [0.1, 0.15) is 0 Å². The first-order valence-corrected chi connectivity index (χ1v) is 7.70. The molecule has 1 amide bonds. The van der Waals surface area contributed by atoms with E-state index in [1.165, 1.54) is 16.7 Å². The van der Waals surface area contributed by atoms with Gasteiger partial charge in [0.2, 0.25) is 5.91 Å². The van der Waals surface area contributed by atoms with Crippen LogP contribution in [0.15, 0.2) is 18.2 Å². The molecule has 1 N–H and O–H groups in total. The molecule has 1 fully saturated rings. The third-order valence-electron chi connectivity index (χ3n) is 4.03. The molecule has 1 aromatic carbocycles. The molecule has 1 aliphatic heterocycles. The number of carbonyl (C=O) groups excluding carboxylic acids is 1. The lowest BCUT2D eigenvalue weighted by molar-refractivity contribution is -0.128. The molecular formula is C17H26N2O. The fourth-order valence-corrected chi connectivity index (χ4v) is 2.84. The summed E-state index contributed by atoms with van der Waals surface area (Å²) < 4.78 is 0. The molecule has 3 heteroatoms. The molecule has 0 bridgehead atoms. The Hall–Kier alpha value is -1.35. The molecule has 1 aromatic rings. The lowest BCUT2D eigenvalue weighted by atomic mass is 9.98. The van der Waals surface area contributed by atoms with E-state index in [0.717, 1.165) is 32.5 Å². The van der Waals surface area contributed by atoms with Crippen molar-refractivity contribution >= 4 is 5.91 Å². The summed E-state index contributed by atoms with van der Waals surface area (Å²) in [5, 5.41) is 3.61. The minimum Gasteiger partial charge on any atom is -0.341 e. The normalized spacial score (nSPS) is 16.8. The third kappa shape index (κ3) is 3.60. The van der Waals surface area contributed by atoms with Crippen molar-refractivity contribution < 1.29 is 4.79 Å². The molecule has 110 valence electrons. The van der Waals surface area contributed by atoms with Gasteiger partial charge in [-0.05, 0) is 44.4 Å². The molecule has 1 unspecified atom stereocenters. The second kappa shape index (κ2) is 6.89. The smallest absolute Gasteiger partial charge is 0.222 e. The zero-order valence-electron chi connectivity index (χ0n) is 12.9. The highest BCUT2D eigenvalue weighted by atomic mass is 16.2. The van der Waals surface area contributed by atoms with Crippen molar-refractivity contribution in [1.29, 1.82) is 0 Å². The Kier molecular flexibility index (Phi) is 5.18. The van der Waals surface area contributed by atoms with Crippen molar-refractivity contribution in [1.82, 2.24) is 10.2 Å². The average molecular weight is 274 g/mol. The van der Waals surface area contributed by atoms with E-state index in [0.29, 0.717) is 12.3 Å². The van der Waals surface area contributed by atoms with Crippen LogP contribution >= 0.6 is 0 Å². The maximum Gasteiger partial charge on any atom is 0.222 e. The van der Waals surface area contributed by atoms with Gasteiger partial charge < -0.3 is 10.2 Å². The van der Waals surface area contributed by atoms with Gasteiger partial charge in [-0.15, -0.1) is 0 Å². The first kappa shape index (κ1) is 15.0. The molecule has 1 heterocycles. The molecule has 0 spiro atoms. The molecule has 0 aromatic heterocycles. The van der Waals surface area contributed by atoms with Gasteiger partial charge in [0.05, 0.1) is 6.04 Å². The second-order valence-corrected chi connectivity index (χ2v) is 5.81. The minimum absolute atomic E-state index is 0.247. The minimum atomic E-state index is 0.247. The average Bonchev–Trinajstić information content (AvgIpc) is 2.83. The fraction of sp³-hybridized carbons (Fsp3) is 0.588. The van der Waals surface area contributed by atoms with E-state index >= 15 is 0 Å². The van der Waals surface area contributed by atoms with Gasteiger partial charge in [0.15, 0.2) is 0 Å². The molecular weight excluding hydrogens is 248 g/mol. The van der Waals surface area contributed by atoms with Crippen LogP contribution in [0.5, 0.6) is 0 Å². The third-order valence-corrected chi connectivity index (χ3v) is 4.03. The number of hydrogen-bond donors (Lipinski definition) is 1. The summed E-state index contributed by atoms with van der Waals surface area (Å²) in [5.41, 5.74) is 3.91. The van der Waals surface area contributed by atoms with Crippen LogP contribution in [0.1, 0.15) is 48.9 Å². The van der Waals surface area contributed by atoms with Crippen molar-refractivity contribution in [2.24, 2.45) is 0 Å². The van der Waals surface area contributed by atoms with Crippen molar-refractivity contribution in [3.63, 3.8) is 0 Å². The van der Waals surface area contributed by atoms with Gasteiger partial charge in [-0.2, -0.15) is 0 Å². The number of hydrogen-bond acceptors (Lipinski definition) is 2.